The smallest absolute Gasteiger partial charge is 1.00 e. The first kappa shape index (κ1) is 85.9. The maximum absolute atomic E-state index is 12.5. The van der Waals surface area contributed by atoms with E-state index in [0.717, 1.165) is 31.4 Å². The maximum Gasteiger partial charge on any atom is 1.00 e. The van der Waals surface area contributed by atoms with Crippen LogP contribution in [0.3, 0.4) is 0 Å². The molecule has 96 heavy (non-hydrogen) atoms. The first-order valence-corrected chi connectivity index (χ1v) is 31.5. The molecule has 1 unspecified atom stereocenters. The van der Waals surface area contributed by atoms with Crippen LogP contribution in [0, 0.1) is 71.1 Å². The van der Waals surface area contributed by atoms with Gasteiger partial charge in [0.25, 0.3) is 0 Å². The quantitative estimate of drug-likeness (QED) is 0.0854. The summed E-state index contributed by atoms with van der Waals surface area (Å²) in [5, 5.41) is 20.5. The number of rotatable bonds is 12. The third kappa shape index (κ3) is 21.4. The molecule has 511 valence electrons. The molecule has 8 fully saturated rings. The number of Topliss-reactive ketones (excluding diaryl/α,β-unsaturated/α-hetero) is 2. The predicted molar refractivity (Wildman–Crippen MR) is 350 cm³/mol. The number of ketones is 2. The summed E-state index contributed by atoms with van der Waals surface area (Å²) in [5.74, 6) is -1.03. The van der Waals surface area contributed by atoms with Gasteiger partial charge in [-0.2, -0.15) is 0 Å². The molecule has 32 heteroatoms. The molecule has 1 aromatic carbocycles. The first-order valence-electron chi connectivity index (χ1n) is 31.5. The van der Waals surface area contributed by atoms with E-state index in [-0.39, 0.29) is 176 Å². The largest absolute Gasteiger partial charge is 1.00 e. The SMILES string of the molecule is C.CCOC(=O)[C@@H]1[C@H]2CCC(=O)[C@H]2CN1C(=O)OCc1ccccc1.CCOC(=O)[C@H]1NC[C@@H]2C=CC[C@H]12.Cl.O=BC#CO.[B].[B]C(=O)N1C[C@@H]2C(=O)CC[C@@H]2[C@H]1C(=O)OCC.[B]C(=O)N1C[C@@H]2C(O)CC[C@@H]2[C@H]1C(=O)OCC.[B]C(=O)N1C[C@@H]2C=CC[C@@H]2[C@H]1C(=O)OCC.[H-].[Na+]. The van der Waals surface area contributed by atoms with Crippen molar-refractivity contribution in [2.24, 2.45) is 59.2 Å². The molecule has 1 aromatic rings. The summed E-state index contributed by atoms with van der Waals surface area (Å²) >= 11 is 0. The molecule has 0 spiro atoms. The molecule has 0 aromatic heterocycles. The number of esters is 5. The molecule has 25 nitrogen and oxygen atoms in total. The third-order valence-electron chi connectivity index (χ3n) is 18.5. The molecule has 11 rings (SSSR count). The molecule has 0 bridgehead atoms. The summed E-state index contributed by atoms with van der Waals surface area (Å²) in [7, 11) is 16.1. The zero-order chi connectivity index (χ0) is 67.3. The van der Waals surface area contributed by atoms with Crippen molar-refractivity contribution in [3.05, 3.63) is 60.2 Å². The number of amides is 4. The third-order valence-corrected chi connectivity index (χ3v) is 18.5. The zero-order valence-corrected chi connectivity index (χ0v) is 57.5. The van der Waals surface area contributed by atoms with E-state index in [2.05, 4.69) is 29.6 Å². The molecular weight excluding hydrogens is 1270 g/mol. The van der Waals surface area contributed by atoms with E-state index in [9.17, 15) is 57.8 Å². The summed E-state index contributed by atoms with van der Waals surface area (Å²) in [6.45, 7) is 12.8. The standard InChI is InChI=1S/C18H21NO5.C11H16BNO4.C11H14BNO4.C11H14BNO3.C10H15NO2.C2HBO2.CH4.B.ClH.Na.H/c1-2-23-17(21)16-13-8-9-15(20)14(13)10-19(16)18(22)24-11-12-6-4-3-5-7-12;2*1-2-17-10(15)9-6-3-4-8(14)7(6)5-13(9)11(12)16;1-2-16-10(14)9-8-5-3-4-7(8)6-13(9)11(12)15;1-2-13-10(12)9-8-5-3-4-7(8)6-11-9;4-2-1-3-5;;;;;/h3-7,13-14,16H,2,8-11H2,1H3;6-9,14H,2-5H2,1H3;6-7,9H,2-5H2,1H3;3-4,7-9H,2,5-6H2,1H3;3-4,7-9,11H,2,5-6H2,1H3;4H;1H4;;1H;;/q;;;;;;;;;+1;-1/t13-,14-,16-;6-,7-,8?,9-;6-,7-,9-;2*7-,8-,9-;;;;;;/m00000....../s1. The van der Waals surface area contributed by atoms with Gasteiger partial charge in [-0.1, -0.05) is 62.1 Å². The number of fused-ring (bicyclic) bond motifs is 5. The number of nitrogens with one attached hydrogen (secondary N) is 1. The summed E-state index contributed by atoms with van der Waals surface area (Å²) in [4.78, 5) is 135. The van der Waals surface area contributed by atoms with Gasteiger partial charge in [-0.15, -0.1) is 12.4 Å². The van der Waals surface area contributed by atoms with Gasteiger partial charge >= 0.3 is 94.4 Å². The van der Waals surface area contributed by atoms with Crippen molar-refractivity contribution in [1.82, 2.24) is 24.9 Å². The van der Waals surface area contributed by atoms with Crippen LogP contribution < -0.4 is 34.9 Å². The molecule has 5 saturated heterocycles. The number of allylic oxidation sites excluding steroid dienone is 2. The van der Waals surface area contributed by atoms with Crippen LogP contribution in [0.4, 0.5) is 19.2 Å². The van der Waals surface area contributed by atoms with Gasteiger partial charge < -0.3 is 55.0 Å². The van der Waals surface area contributed by atoms with Crippen LogP contribution in [-0.4, -0.2) is 236 Å². The van der Waals surface area contributed by atoms with Crippen molar-refractivity contribution >= 4 is 116 Å². The van der Waals surface area contributed by atoms with Crippen molar-refractivity contribution in [2.45, 2.75) is 136 Å². The van der Waals surface area contributed by atoms with E-state index < -0.39 is 71.7 Å². The molecule has 3 N–H and O–H groups in total. The van der Waals surface area contributed by atoms with E-state index in [0.29, 0.717) is 77.4 Å². The van der Waals surface area contributed by atoms with Gasteiger partial charge in [0.2, 0.25) is 23.5 Å². The average molecular weight is 1360 g/mol. The van der Waals surface area contributed by atoms with Gasteiger partial charge in [0.1, 0.15) is 48.4 Å². The summed E-state index contributed by atoms with van der Waals surface area (Å²) < 4.78 is 39.5. The second-order valence-electron chi connectivity index (χ2n) is 23.5. The molecule has 3 saturated carbocycles. The van der Waals surface area contributed by atoms with Crippen LogP contribution in [0.5, 0.6) is 0 Å². The number of ether oxygens (including phenoxy) is 6. The van der Waals surface area contributed by atoms with E-state index in [1.54, 1.807) is 33.5 Å². The van der Waals surface area contributed by atoms with Gasteiger partial charge in [-0.05, 0) is 96.5 Å². The van der Waals surface area contributed by atoms with Crippen LogP contribution in [-0.2, 0) is 73.3 Å². The van der Waals surface area contributed by atoms with Crippen LogP contribution in [0.1, 0.15) is 100 Å². The number of carbonyl (C=O) groups excluding carboxylic acids is 11. The van der Waals surface area contributed by atoms with Crippen molar-refractivity contribution in [3.8, 4) is 11.9 Å². The number of aliphatic hydroxyl groups is 2. The van der Waals surface area contributed by atoms with Gasteiger partial charge in [0.05, 0.1) is 39.1 Å². The number of hydrogen-bond donors (Lipinski definition) is 3. The number of aliphatic hydroxyl groups excluding tert-OH is 2. The second kappa shape index (κ2) is 41.9. The second-order valence-corrected chi connectivity index (χ2v) is 23.5. The first-order chi connectivity index (χ1) is 44.1. The molecular formula is C64H87B5ClN5NaO20. The van der Waals surface area contributed by atoms with Gasteiger partial charge in [0, 0.05) is 95.4 Å². The van der Waals surface area contributed by atoms with Crippen molar-refractivity contribution in [3.63, 3.8) is 0 Å². The number of nitrogens with zero attached hydrogens (tertiary/aromatic N) is 4. The van der Waals surface area contributed by atoms with Crippen LogP contribution in [0.25, 0.3) is 0 Å². The Morgan fingerprint density at radius 3 is 1.47 bits per heavy atom. The number of likely N-dealkylation sites (tertiary alicyclic amines) is 4. The molecule has 16 atom stereocenters. The molecule has 5 heterocycles. The fourth-order valence-corrected chi connectivity index (χ4v) is 14.4. The Balaban J connectivity index is 0.000000595. The summed E-state index contributed by atoms with van der Waals surface area (Å²) in [6, 6.07) is 6.75. The molecule has 10 aliphatic rings. The Bertz CT molecular complexity index is 2980. The number of halogens is 1. The Morgan fingerprint density at radius 2 is 1.00 bits per heavy atom. The molecule has 4 amide bonds. The fourth-order valence-electron chi connectivity index (χ4n) is 14.4. The minimum absolute atomic E-state index is 0. The summed E-state index contributed by atoms with van der Waals surface area (Å²) in [6.07, 6.45) is 14.3. The molecule has 5 aliphatic carbocycles. The van der Waals surface area contributed by atoms with E-state index >= 15 is 0 Å². The Kier molecular flexibility index (Phi) is 37.5. The van der Waals surface area contributed by atoms with Crippen molar-refractivity contribution < 1.29 is 127 Å². The van der Waals surface area contributed by atoms with Crippen molar-refractivity contribution in [2.75, 3.05) is 65.8 Å². The Morgan fingerprint density at radius 1 is 0.573 bits per heavy atom. The number of carbonyl (C=O) groups is 11. The topological polar surface area (TPSA) is 326 Å². The Hall–Kier alpha value is -6.24. The normalized spacial score (nSPS) is 28.6. The number of benzene rings is 1. The van der Waals surface area contributed by atoms with Crippen LogP contribution >= 0.6 is 12.4 Å². The monoisotopic (exact) mass is 1360 g/mol. The Labute approximate surface area is 598 Å². The van der Waals surface area contributed by atoms with E-state index in [1.165, 1.54) is 25.7 Å². The van der Waals surface area contributed by atoms with Gasteiger partial charge in [-0.25, -0.2) is 24.0 Å². The van der Waals surface area contributed by atoms with Crippen LogP contribution in [0.15, 0.2) is 54.6 Å². The maximum atomic E-state index is 12.5. The fraction of sp³-hybridized carbons (Fsp3) is 0.641. The van der Waals surface area contributed by atoms with Crippen LogP contribution in [0.2, 0.25) is 0 Å². The predicted octanol–water partition coefficient (Wildman–Crippen LogP) is 0.741. The minimum atomic E-state index is -0.718. The van der Waals surface area contributed by atoms with E-state index in [4.69, 9.17) is 61.8 Å². The minimum Gasteiger partial charge on any atom is -1.00 e. The van der Waals surface area contributed by atoms with Gasteiger partial charge in [0.15, 0.2) is 17.4 Å². The summed E-state index contributed by atoms with van der Waals surface area (Å²) in [5.41, 5.74) is 0.869. The van der Waals surface area contributed by atoms with Gasteiger partial charge in [-0.3, -0.25) is 33.7 Å². The average Bonchev–Trinajstić information content (AvgIpc) is 1.64. The zero-order valence-electron chi connectivity index (χ0n) is 55.7. The molecule has 5 aliphatic heterocycles. The van der Waals surface area contributed by atoms with Crippen molar-refractivity contribution in [1.29, 1.82) is 0 Å². The number of hydrogen-bond acceptors (Lipinski definition) is 21. The molecule has 9 radical (unpaired) electrons. The van der Waals surface area contributed by atoms with E-state index in [1.807, 2.05) is 37.3 Å².